The monoisotopic (exact) mass is 227 g/mol. The zero-order valence-electron chi connectivity index (χ0n) is 9.74. The van der Waals surface area contributed by atoms with Crippen molar-refractivity contribution in [2.45, 2.75) is 31.8 Å². The second-order valence-electron chi connectivity index (χ2n) is 3.94. The van der Waals surface area contributed by atoms with Gasteiger partial charge in [-0.05, 0) is 18.9 Å². The second-order valence-corrected chi connectivity index (χ2v) is 3.94. The molecular weight excluding hydrogens is 206 g/mol. The molecule has 1 saturated heterocycles. The van der Waals surface area contributed by atoms with Gasteiger partial charge in [-0.25, -0.2) is 0 Å². The molecule has 16 heavy (non-hydrogen) atoms. The maximum Gasteiger partial charge on any atom is 0.243 e. The Morgan fingerprint density at radius 2 is 2.19 bits per heavy atom. The number of hydrogen-bond acceptors (Lipinski definition) is 3. The normalized spacial score (nSPS) is 18.1. The van der Waals surface area contributed by atoms with Crippen LogP contribution in [-0.2, 0) is 14.3 Å². The Hall–Kier alpha value is -0.870. The summed E-state index contributed by atoms with van der Waals surface area (Å²) in [6.45, 7) is 6.56. The number of unbranched alkanes of at least 4 members (excludes halogenated alkanes) is 3. The van der Waals surface area contributed by atoms with Crippen molar-refractivity contribution in [1.29, 1.82) is 0 Å². The van der Waals surface area contributed by atoms with Crippen molar-refractivity contribution in [3.05, 3.63) is 12.7 Å². The third kappa shape index (κ3) is 7.43. The average molecular weight is 227 g/mol. The lowest BCUT2D eigenvalue weighted by molar-refractivity contribution is -0.116. The molecule has 1 aliphatic heterocycles. The number of hydrogen-bond donors (Lipinski definition) is 1. The van der Waals surface area contributed by atoms with Crippen molar-refractivity contribution in [3.8, 4) is 0 Å². The van der Waals surface area contributed by atoms with E-state index >= 15 is 0 Å². The number of carbonyl (C=O) groups is 1. The van der Waals surface area contributed by atoms with E-state index in [9.17, 15) is 4.79 Å². The summed E-state index contributed by atoms with van der Waals surface area (Å²) in [5.41, 5.74) is 0. The molecule has 0 aliphatic carbocycles. The lowest BCUT2D eigenvalue weighted by Gasteiger charge is -2.03. The summed E-state index contributed by atoms with van der Waals surface area (Å²) in [6, 6.07) is 0. The van der Waals surface area contributed by atoms with E-state index < -0.39 is 0 Å². The van der Waals surface area contributed by atoms with Gasteiger partial charge in [0.05, 0.1) is 13.2 Å². The number of ether oxygens (including phenoxy) is 2. The molecule has 1 N–H and O–H groups in total. The fourth-order valence-electron chi connectivity index (χ4n) is 1.35. The molecule has 0 radical (unpaired) electrons. The van der Waals surface area contributed by atoms with Crippen LogP contribution in [0.2, 0.25) is 0 Å². The molecule has 1 heterocycles. The molecule has 0 saturated carbocycles. The van der Waals surface area contributed by atoms with Crippen molar-refractivity contribution < 1.29 is 14.3 Å². The summed E-state index contributed by atoms with van der Waals surface area (Å²) >= 11 is 0. The number of nitrogens with one attached hydrogen (secondary N) is 1. The van der Waals surface area contributed by atoms with Gasteiger partial charge in [-0.2, -0.15) is 0 Å². The second kappa shape index (κ2) is 8.30. The van der Waals surface area contributed by atoms with Crippen LogP contribution in [0.25, 0.3) is 0 Å². The Kier molecular flexibility index (Phi) is 6.85. The zero-order chi connectivity index (χ0) is 11.6. The molecule has 1 atom stereocenters. The fraction of sp³-hybridized carbons (Fsp3) is 0.750. The first kappa shape index (κ1) is 13.2. The molecule has 1 amide bonds. The maximum absolute atomic E-state index is 10.8. The fourth-order valence-corrected chi connectivity index (χ4v) is 1.35. The van der Waals surface area contributed by atoms with E-state index in [-0.39, 0.29) is 5.91 Å². The van der Waals surface area contributed by atoms with E-state index in [4.69, 9.17) is 9.47 Å². The molecule has 92 valence electrons. The van der Waals surface area contributed by atoms with Crippen LogP contribution in [0.5, 0.6) is 0 Å². The maximum atomic E-state index is 10.8. The van der Waals surface area contributed by atoms with Gasteiger partial charge in [0.1, 0.15) is 6.10 Å². The molecule has 0 aromatic rings. The van der Waals surface area contributed by atoms with Crippen LogP contribution < -0.4 is 5.32 Å². The highest BCUT2D eigenvalue weighted by Gasteiger charge is 2.21. The molecule has 0 aromatic heterocycles. The topological polar surface area (TPSA) is 50.9 Å². The minimum absolute atomic E-state index is 0.0900. The van der Waals surface area contributed by atoms with Gasteiger partial charge in [0.2, 0.25) is 5.91 Å². The molecule has 0 spiro atoms. The SMILES string of the molecule is C=CC(=O)NCCCCCCOCC1CO1. The minimum Gasteiger partial charge on any atom is -0.379 e. The summed E-state index contributed by atoms with van der Waals surface area (Å²) in [6.07, 6.45) is 6.05. The van der Waals surface area contributed by atoms with E-state index in [0.29, 0.717) is 6.10 Å². The van der Waals surface area contributed by atoms with Gasteiger partial charge >= 0.3 is 0 Å². The van der Waals surface area contributed by atoms with Gasteiger partial charge in [0.15, 0.2) is 0 Å². The first-order valence-electron chi connectivity index (χ1n) is 5.92. The average Bonchev–Trinajstić information content (AvgIpc) is 3.10. The molecule has 0 bridgehead atoms. The van der Waals surface area contributed by atoms with E-state index in [1.54, 1.807) is 0 Å². The van der Waals surface area contributed by atoms with Crippen LogP contribution in [-0.4, -0.2) is 38.4 Å². The first-order chi connectivity index (χ1) is 7.83. The number of rotatable bonds is 10. The Morgan fingerprint density at radius 1 is 1.44 bits per heavy atom. The Labute approximate surface area is 97.0 Å². The molecule has 4 nitrogen and oxygen atoms in total. The summed E-state index contributed by atoms with van der Waals surface area (Å²) in [5.74, 6) is -0.0900. The molecular formula is C12H21NO3. The van der Waals surface area contributed by atoms with Gasteiger partial charge in [0.25, 0.3) is 0 Å². The third-order valence-corrected chi connectivity index (χ3v) is 2.41. The van der Waals surface area contributed by atoms with Gasteiger partial charge in [0, 0.05) is 13.2 Å². The van der Waals surface area contributed by atoms with Crippen molar-refractivity contribution in [3.63, 3.8) is 0 Å². The zero-order valence-corrected chi connectivity index (χ0v) is 9.74. The standard InChI is InChI=1S/C12H21NO3/c1-2-12(14)13-7-5-3-4-6-8-15-9-11-10-16-11/h2,11H,1,3-10H2,(H,13,14). The lowest BCUT2D eigenvalue weighted by Crippen LogP contribution is -2.21. The van der Waals surface area contributed by atoms with Gasteiger partial charge in [-0.3, -0.25) is 4.79 Å². The quantitative estimate of drug-likeness (QED) is 0.347. The summed E-state index contributed by atoms with van der Waals surface area (Å²) in [5, 5.41) is 2.75. The summed E-state index contributed by atoms with van der Waals surface area (Å²) in [4.78, 5) is 10.8. The van der Waals surface area contributed by atoms with Gasteiger partial charge in [-0.15, -0.1) is 0 Å². The van der Waals surface area contributed by atoms with E-state index in [2.05, 4.69) is 11.9 Å². The first-order valence-corrected chi connectivity index (χ1v) is 5.92. The predicted molar refractivity (Wildman–Crippen MR) is 62.2 cm³/mol. The van der Waals surface area contributed by atoms with E-state index in [1.165, 1.54) is 6.08 Å². The predicted octanol–water partition coefficient (Wildman–Crippen LogP) is 1.26. The largest absolute Gasteiger partial charge is 0.379 e. The number of amides is 1. The van der Waals surface area contributed by atoms with E-state index in [0.717, 1.165) is 52.0 Å². The lowest BCUT2D eigenvalue weighted by atomic mass is 10.2. The Bertz CT molecular complexity index is 214. The summed E-state index contributed by atoms with van der Waals surface area (Å²) < 4.78 is 10.4. The van der Waals surface area contributed by atoms with Crippen molar-refractivity contribution in [1.82, 2.24) is 5.32 Å². The Balaban J connectivity index is 1.70. The highest BCUT2D eigenvalue weighted by atomic mass is 16.6. The molecule has 1 rings (SSSR count). The molecule has 1 fully saturated rings. The van der Waals surface area contributed by atoms with E-state index in [1.807, 2.05) is 0 Å². The molecule has 1 unspecified atom stereocenters. The number of carbonyl (C=O) groups excluding carboxylic acids is 1. The number of epoxide rings is 1. The summed E-state index contributed by atoms with van der Waals surface area (Å²) in [7, 11) is 0. The highest BCUT2D eigenvalue weighted by Crippen LogP contribution is 2.09. The highest BCUT2D eigenvalue weighted by molar-refractivity contribution is 5.86. The van der Waals surface area contributed by atoms with Crippen molar-refractivity contribution in [2.75, 3.05) is 26.4 Å². The molecule has 1 aliphatic rings. The van der Waals surface area contributed by atoms with Crippen LogP contribution in [0.15, 0.2) is 12.7 Å². The smallest absolute Gasteiger partial charge is 0.243 e. The van der Waals surface area contributed by atoms with Crippen LogP contribution >= 0.6 is 0 Å². The van der Waals surface area contributed by atoms with Crippen LogP contribution in [0.4, 0.5) is 0 Å². The molecule has 0 aromatic carbocycles. The van der Waals surface area contributed by atoms with Crippen LogP contribution in [0.3, 0.4) is 0 Å². The third-order valence-electron chi connectivity index (χ3n) is 2.41. The molecule has 4 heteroatoms. The van der Waals surface area contributed by atoms with Gasteiger partial charge < -0.3 is 14.8 Å². The minimum atomic E-state index is -0.0900. The Morgan fingerprint density at radius 3 is 2.88 bits per heavy atom. The van der Waals surface area contributed by atoms with Crippen LogP contribution in [0.1, 0.15) is 25.7 Å². The van der Waals surface area contributed by atoms with Gasteiger partial charge in [-0.1, -0.05) is 19.4 Å². The van der Waals surface area contributed by atoms with Crippen molar-refractivity contribution >= 4 is 5.91 Å². The van der Waals surface area contributed by atoms with Crippen molar-refractivity contribution in [2.24, 2.45) is 0 Å². The van der Waals surface area contributed by atoms with Crippen LogP contribution in [0, 0.1) is 0 Å².